The Balaban J connectivity index is 2.41. The lowest BCUT2D eigenvalue weighted by molar-refractivity contribution is -0.143. The Morgan fingerprint density at radius 2 is 2.58 bits per heavy atom. The molecule has 0 aromatic heterocycles. The molecule has 1 N–H and O–H groups in total. The number of carbonyl (C=O) groups excluding carboxylic acids is 1. The third-order valence-corrected chi connectivity index (χ3v) is 1.63. The SMILES string of the molecule is C#CCO[C@H]1CC(=O)O[C@@H]1CO. The molecule has 0 aliphatic carbocycles. The molecule has 1 aliphatic heterocycles. The molecule has 0 amide bonds. The van der Waals surface area contributed by atoms with Crippen molar-refractivity contribution in [2.24, 2.45) is 0 Å². The molecular formula is C8H10O4. The average molecular weight is 170 g/mol. The van der Waals surface area contributed by atoms with Crippen LogP contribution in [0.3, 0.4) is 0 Å². The Hall–Kier alpha value is -1.05. The predicted molar refractivity (Wildman–Crippen MR) is 40.2 cm³/mol. The first-order valence-electron chi connectivity index (χ1n) is 3.63. The summed E-state index contributed by atoms with van der Waals surface area (Å²) in [6, 6.07) is 0. The van der Waals surface area contributed by atoms with E-state index >= 15 is 0 Å². The maximum Gasteiger partial charge on any atom is 0.309 e. The van der Waals surface area contributed by atoms with Crippen LogP contribution in [0.1, 0.15) is 6.42 Å². The first-order valence-corrected chi connectivity index (χ1v) is 3.63. The fourth-order valence-electron chi connectivity index (χ4n) is 1.06. The van der Waals surface area contributed by atoms with Crippen LogP contribution in [0.2, 0.25) is 0 Å². The Kier molecular flexibility index (Phi) is 3.09. The van der Waals surface area contributed by atoms with Crippen LogP contribution in [0.15, 0.2) is 0 Å². The molecule has 0 bridgehead atoms. The first-order chi connectivity index (χ1) is 5.77. The molecule has 1 aliphatic rings. The Labute approximate surface area is 70.5 Å². The summed E-state index contributed by atoms with van der Waals surface area (Å²) in [6.45, 7) is -0.0845. The van der Waals surface area contributed by atoms with Gasteiger partial charge in [0.05, 0.1) is 13.0 Å². The molecule has 1 saturated heterocycles. The molecule has 4 heteroatoms. The van der Waals surface area contributed by atoms with Crippen molar-refractivity contribution in [1.29, 1.82) is 0 Å². The number of aliphatic hydroxyl groups excluding tert-OH is 1. The number of hydrogen-bond donors (Lipinski definition) is 1. The van der Waals surface area contributed by atoms with Gasteiger partial charge in [-0.15, -0.1) is 6.42 Å². The molecule has 0 spiro atoms. The van der Waals surface area contributed by atoms with Crippen LogP contribution in [-0.2, 0) is 14.3 Å². The molecule has 1 rings (SSSR count). The summed E-state index contributed by atoms with van der Waals surface area (Å²) in [6.07, 6.45) is 4.20. The van der Waals surface area contributed by atoms with Gasteiger partial charge in [0, 0.05) is 0 Å². The normalized spacial score (nSPS) is 28.2. The van der Waals surface area contributed by atoms with Crippen LogP contribution in [-0.4, -0.2) is 36.5 Å². The number of ether oxygens (including phenoxy) is 2. The minimum atomic E-state index is -0.550. The number of cyclic esters (lactones) is 1. The fraction of sp³-hybridized carbons (Fsp3) is 0.625. The van der Waals surface area contributed by atoms with E-state index in [1.54, 1.807) is 0 Å². The molecule has 2 atom stereocenters. The van der Waals surface area contributed by atoms with Crippen molar-refractivity contribution in [2.75, 3.05) is 13.2 Å². The van der Waals surface area contributed by atoms with Crippen molar-refractivity contribution in [3.63, 3.8) is 0 Å². The quantitative estimate of drug-likeness (QED) is 0.450. The van der Waals surface area contributed by atoms with Crippen molar-refractivity contribution in [2.45, 2.75) is 18.6 Å². The third kappa shape index (κ3) is 1.97. The van der Waals surface area contributed by atoms with Gasteiger partial charge in [0.15, 0.2) is 6.10 Å². The van der Waals surface area contributed by atoms with E-state index in [9.17, 15) is 4.79 Å². The van der Waals surface area contributed by atoms with Gasteiger partial charge >= 0.3 is 5.97 Å². The van der Waals surface area contributed by atoms with Crippen molar-refractivity contribution in [3.05, 3.63) is 0 Å². The van der Waals surface area contributed by atoms with Gasteiger partial charge in [-0.2, -0.15) is 0 Å². The minimum Gasteiger partial charge on any atom is -0.457 e. The first kappa shape index (κ1) is 9.04. The molecule has 1 heterocycles. The molecule has 4 nitrogen and oxygen atoms in total. The maximum absolute atomic E-state index is 10.7. The average Bonchev–Trinajstić information content (AvgIpc) is 2.42. The minimum absolute atomic E-state index is 0.137. The second-order valence-corrected chi connectivity index (χ2v) is 2.47. The van der Waals surface area contributed by atoms with E-state index in [-0.39, 0.29) is 25.6 Å². The van der Waals surface area contributed by atoms with Crippen molar-refractivity contribution < 1.29 is 19.4 Å². The smallest absolute Gasteiger partial charge is 0.309 e. The van der Waals surface area contributed by atoms with Gasteiger partial charge in [-0.05, 0) is 0 Å². The molecule has 66 valence electrons. The van der Waals surface area contributed by atoms with Crippen molar-refractivity contribution in [3.8, 4) is 12.3 Å². The molecule has 0 radical (unpaired) electrons. The van der Waals surface area contributed by atoms with E-state index in [1.807, 2.05) is 0 Å². The highest BCUT2D eigenvalue weighted by atomic mass is 16.6. The fourth-order valence-corrected chi connectivity index (χ4v) is 1.06. The number of terminal acetylenes is 1. The summed E-state index contributed by atoms with van der Waals surface area (Å²) in [5.41, 5.74) is 0. The maximum atomic E-state index is 10.7. The second kappa shape index (κ2) is 4.10. The zero-order valence-corrected chi connectivity index (χ0v) is 6.53. The molecule has 0 aromatic rings. The number of hydrogen-bond acceptors (Lipinski definition) is 4. The van der Waals surface area contributed by atoms with E-state index in [1.165, 1.54) is 0 Å². The number of rotatable bonds is 3. The highest BCUT2D eigenvalue weighted by molar-refractivity contribution is 5.72. The standard InChI is InChI=1S/C8H10O4/c1-2-3-11-6-4-8(10)12-7(6)5-9/h1,6-7,9H,3-5H2/t6-,7+/m0/s1. The number of esters is 1. The van der Waals surface area contributed by atoms with E-state index < -0.39 is 12.2 Å². The van der Waals surface area contributed by atoms with Gasteiger partial charge in [0.1, 0.15) is 12.7 Å². The summed E-state index contributed by atoms with van der Waals surface area (Å²) >= 11 is 0. The zero-order chi connectivity index (χ0) is 8.97. The molecule has 1 fully saturated rings. The van der Waals surface area contributed by atoms with Gasteiger partial charge in [0.2, 0.25) is 0 Å². The monoisotopic (exact) mass is 170 g/mol. The van der Waals surface area contributed by atoms with Crippen LogP contribution in [0.25, 0.3) is 0 Å². The number of carbonyl (C=O) groups is 1. The van der Waals surface area contributed by atoms with Crippen LogP contribution in [0.5, 0.6) is 0 Å². The highest BCUT2D eigenvalue weighted by Gasteiger charge is 2.34. The lowest BCUT2D eigenvalue weighted by atomic mass is 10.2. The lowest BCUT2D eigenvalue weighted by Gasteiger charge is -2.13. The second-order valence-electron chi connectivity index (χ2n) is 2.47. The van der Waals surface area contributed by atoms with Gasteiger partial charge in [-0.3, -0.25) is 4.79 Å². The van der Waals surface area contributed by atoms with Crippen molar-refractivity contribution in [1.82, 2.24) is 0 Å². The molecule has 0 saturated carbocycles. The van der Waals surface area contributed by atoms with Gasteiger partial charge in [0.25, 0.3) is 0 Å². The van der Waals surface area contributed by atoms with Crippen LogP contribution >= 0.6 is 0 Å². The Bertz CT molecular complexity index is 206. The summed E-state index contributed by atoms with van der Waals surface area (Å²) < 4.78 is 9.82. The van der Waals surface area contributed by atoms with Crippen LogP contribution in [0, 0.1) is 12.3 Å². The summed E-state index contributed by atoms with van der Waals surface area (Å²) in [5, 5.41) is 8.74. The molecule has 0 unspecified atom stereocenters. The lowest BCUT2D eigenvalue weighted by Crippen LogP contribution is -2.27. The molecule has 0 aromatic carbocycles. The molecular weight excluding hydrogens is 160 g/mol. The van der Waals surface area contributed by atoms with Gasteiger partial charge in [-0.25, -0.2) is 0 Å². The summed E-state index contributed by atoms with van der Waals surface area (Å²) in [5.74, 6) is 1.93. The Morgan fingerprint density at radius 3 is 3.17 bits per heavy atom. The summed E-state index contributed by atoms with van der Waals surface area (Å²) in [7, 11) is 0. The Morgan fingerprint density at radius 1 is 1.83 bits per heavy atom. The van der Waals surface area contributed by atoms with Gasteiger partial charge < -0.3 is 14.6 Å². The topological polar surface area (TPSA) is 55.8 Å². The van der Waals surface area contributed by atoms with E-state index in [2.05, 4.69) is 5.92 Å². The number of aliphatic hydroxyl groups is 1. The van der Waals surface area contributed by atoms with E-state index in [0.29, 0.717) is 0 Å². The largest absolute Gasteiger partial charge is 0.457 e. The van der Waals surface area contributed by atoms with Crippen LogP contribution < -0.4 is 0 Å². The zero-order valence-electron chi connectivity index (χ0n) is 6.53. The van der Waals surface area contributed by atoms with Crippen LogP contribution in [0.4, 0.5) is 0 Å². The summed E-state index contributed by atoms with van der Waals surface area (Å²) in [4.78, 5) is 10.7. The van der Waals surface area contributed by atoms with E-state index in [0.717, 1.165) is 0 Å². The third-order valence-electron chi connectivity index (χ3n) is 1.63. The highest BCUT2D eigenvalue weighted by Crippen LogP contribution is 2.17. The predicted octanol–water partition coefficient (Wildman–Crippen LogP) is -0.687. The van der Waals surface area contributed by atoms with Gasteiger partial charge in [-0.1, -0.05) is 5.92 Å². The van der Waals surface area contributed by atoms with Crippen molar-refractivity contribution >= 4 is 5.97 Å². The van der Waals surface area contributed by atoms with E-state index in [4.69, 9.17) is 21.0 Å². The molecule has 12 heavy (non-hydrogen) atoms.